The summed E-state index contributed by atoms with van der Waals surface area (Å²) in [6.07, 6.45) is 1.08. The number of carbonyl (C=O) groups is 2. The first-order valence-corrected chi connectivity index (χ1v) is 13.2. The van der Waals surface area contributed by atoms with Gasteiger partial charge in [0.1, 0.15) is 12.6 Å². The smallest absolute Gasteiger partial charge is 0.244 e. The molecule has 0 aliphatic carbocycles. The van der Waals surface area contributed by atoms with E-state index in [0.29, 0.717) is 5.69 Å². The van der Waals surface area contributed by atoms with Crippen molar-refractivity contribution in [2.45, 2.75) is 66.6 Å². The van der Waals surface area contributed by atoms with Gasteiger partial charge in [-0.3, -0.25) is 13.9 Å². The highest BCUT2D eigenvalue weighted by atomic mass is 32.2. The normalized spacial score (nSPS) is 12.7. The first-order chi connectivity index (χ1) is 15.6. The van der Waals surface area contributed by atoms with Crippen molar-refractivity contribution < 1.29 is 18.0 Å². The van der Waals surface area contributed by atoms with Crippen LogP contribution in [0.2, 0.25) is 0 Å². The number of hydrogen-bond acceptors (Lipinski definition) is 4. The predicted octanol–water partition coefficient (Wildman–Crippen LogP) is 3.71. The van der Waals surface area contributed by atoms with Crippen molar-refractivity contribution in [2.75, 3.05) is 17.1 Å². The molecule has 1 N–H and O–H groups in total. The number of carbonyl (C=O) groups excluding carboxylic acids is 2. The highest BCUT2D eigenvalue weighted by Crippen LogP contribution is 2.22. The molecule has 34 heavy (non-hydrogen) atoms. The third kappa shape index (κ3) is 7.32. The number of amides is 2. The van der Waals surface area contributed by atoms with Crippen molar-refractivity contribution in [3.63, 3.8) is 0 Å². The van der Waals surface area contributed by atoms with Crippen molar-refractivity contribution in [1.82, 2.24) is 10.2 Å². The molecule has 0 bridgehead atoms. The largest absolute Gasteiger partial charge is 0.350 e. The van der Waals surface area contributed by atoms with E-state index in [1.54, 1.807) is 19.1 Å². The second-order valence-electron chi connectivity index (χ2n) is 9.90. The first kappa shape index (κ1) is 27.4. The Labute approximate surface area is 204 Å². The first-order valence-electron chi connectivity index (χ1n) is 11.3. The van der Waals surface area contributed by atoms with Crippen LogP contribution in [-0.2, 0) is 26.2 Å². The van der Waals surface area contributed by atoms with Gasteiger partial charge in [0.25, 0.3) is 0 Å². The topological polar surface area (TPSA) is 86.8 Å². The summed E-state index contributed by atoms with van der Waals surface area (Å²) in [7, 11) is -3.75. The Bertz CT molecular complexity index is 1150. The van der Waals surface area contributed by atoms with Gasteiger partial charge in [-0.25, -0.2) is 8.42 Å². The van der Waals surface area contributed by atoms with Gasteiger partial charge in [0.15, 0.2) is 0 Å². The number of anilines is 1. The monoisotopic (exact) mass is 487 g/mol. The van der Waals surface area contributed by atoms with E-state index in [4.69, 9.17) is 0 Å². The minimum absolute atomic E-state index is 0.189. The molecule has 7 nitrogen and oxygen atoms in total. The SMILES string of the molecule is Cc1ccc(N(CC(=O)N(Cc2ccccc2C)[C@H](C)C(=O)NC(C)(C)C)S(C)(=O)=O)cc1C. The van der Waals surface area contributed by atoms with E-state index in [1.807, 2.05) is 71.9 Å². The molecular weight excluding hydrogens is 450 g/mol. The zero-order chi connectivity index (χ0) is 25.8. The molecule has 0 heterocycles. The molecule has 0 saturated carbocycles. The lowest BCUT2D eigenvalue weighted by molar-refractivity contribution is -0.140. The van der Waals surface area contributed by atoms with Crippen molar-refractivity contribution >= 4 is 27.5 Å². The van der Waals surface area contributed by atoms with Crippen LogP contribution in [0.4, 0.5) is 5.69 Å². The molecule has 0 fully saturated rings. The van der Waals surface area contributed by atoms with Gasteiger partial charge >= 0.3 is 0 Å². The van der Waals surface area contributed by atoms with E-state index in [0.717, 1.165) is 32.8 Å². The Balaban J connectivity index is 2.44. The third-order valence-corrected chi connectivity index (χ3v) is 6.87. The summed E-state index contributed by atoms with van der Waals surface area (Å²) in [4.78, 5) is 28.0. The van der Waals surface area contributed by atoms with Crippen molar-refractivity contribution in [3.8, 4) is 0 Å². The maximum absolute atomic E-state index is 13.6. The number of nitrogens with zero attached hydrogens (tertiary/aromatic N) is 2. The molecule has 0 saturated heterocycles. The summed E-state index contributed by atoms with van der Waals surface area (Å²) in [6, 6.07) is 12.1. The number of sulfonamides is 1. The summed E-state index contributed by atoms with van der Waals surface area (Å²) < 4.78 is 26.4. The number of hydrogen-bond donors (Lipinski definition) is 1. The molecule has 0 aromatic heterocycles. The highest BCUT2D eigenvalue weighted by molar-refractivity contribution is 7.92. The predicted molar refractivity (Wildman–Crippen MR) is 137 cm³/mol. The average molecular weight is 488 g/mol. The molecule has 0 aliphatic heterocycles. The van der Waals surface area contributed by atoms with Crippen LogP contribution in [0.3, 0.4) is 0 Å². The second-order valence-corrected chi connectivity index (χ2v) is 11.8. The third-order valence-electron chi connectivity index (χ3n) is 5.73. The minimum Gasteiger partial charge on any atom is -0.350 e. The van der Waals surface area contributed by atoms with Crippen molar-refractivity contribution in [1.29, 1.82) is 0 Å². The maximum atomic E-state index is 13.6. The molecular formula is C26H37N3O4S. The van der Waals surface area contributed by atoms with Crippen LogP contribution in [0.15, 0.2) is 42.5 Å². The standard InChI is InChI=1S/C26H37N3O4S/c1-18-13-14-23(15-20(18)3)29(34(8,32)33)17-24(30)28(16-22-12-10-9-11-19(22)2)21(4)25(31)27-26(5,6)7/h9-15,21H,16-17H2,1-8H3,(H,27,31)/t21-/m1/s1. The van der Waals surface area contributed by atoms with Crippen molar-refractivity contribution in [3.05, 3.63) is 64.7 Å². The second kappa shape index (κ2) is 10.6. The van der Waals surface area contributed by atoms with E-state index in [-0.39, 0.29) is 12.5 Å². The molecule has 2 amide bonds. The molecule has 0 spiro atoms. The van der Waals surface area contributed by atoms with Gasteiger partial charge in [-0.05, 0) is 82.9 Å². The molecule has 2 aromatic rings. The van der Waals surface area contributed by atoms with Crippen LogP contribution < -0.4 is 9.62 Å². The fourth-order valence-electron chi connectivity index (χ4n) is 3.52. The average Bonchev–Trinajstić information content (AvgIpc) is 2.70. The molecule has 2 rings (SSSR count). The zero-order valence-electron chi connectivity index (χ0n) is 21.5. The number of nitrogens with one attached hydrogen (secondary N) is 1. The van der Waals surface area contributed by atoms with Gasteiger partial charge in [-0.2, -0.15) is 0 Å². The van der Waals surface area contributed by atoms with E-state index in [9.17, 15) is 18.0 Å². The van der Waals surface area contributed by atoms with Gasteiger partial charge in [-0.15, -0.1) is 0 Å². The van der Waals surface area contributed by atoms with Crippen LogP contribution in [-0.4, -0.2) is 49.5 Å². The molecule has 0 unspecified atom stereocenters. The summed E-state index contributed by atoms with van der Waals surface area (Å²) in [5.74, 6) is -0.755. The molecule has 0 aliphatic rings. The Morgan fingerprint density at radius 1 is 0.971 bits per heavy atom. The van der Waals surface area contributed by atoms with E-state index in [2.05, 4.69) is 5.32 Å². The van der Waals surface area contributed by atoms with Crippen LogP contribution in [0.25, 0.3) is 0 Å². The van der Waals surface area contributed by atoms with Gasteiger partial charge in [0, 0.05) is 12.1 Å². The lowest BCUT2D eigenvalue weighted by atomic mass is 10.1. The van der Waals surface area contributed by atoms with Gasteiger partial charge in [0.05, 0.1) is 11.9 Å². The van der Waals surface area contributed by atoms with E-state index in [1.165, 1.54) is 4.90 Å². The fourth-order valence-corrected chi connectivity index (χ4v) is 4.36. The van der Waals surface area contributed by atoms with Crippen LogP contribution in [0.5, 0.6) is 0 Å². The van der Waals surface area contributed by atoms with Gasteiger partial charge in [-0.1, -0.05) is 30.3 Å². The summed E-state index contributed by atoms with van der Waals surface area (Å²) in [5.41, 5.74) is 3.77. The molecule has 186 valence electrons. The maximum Gasteiger partial charge on any atom is 0.244 e. The van der Waals surface area contributed by atoms with Gasteiger partial charge in [0.2, 0.25) is 21.8 Å². The summed E-state index contributed by atoms with van der Waals surface area (Å²) >= 11 is 0. The van der Waals surface area contributed by atoms with Crippen LogP contribution in [0, 0.1) is 20.8 Å². The highest BCUT2D eigenvalue weighted by Gasteiger charge is 2.31. The van der Waals surface area contributed by atoms with E-state index >= 15 is 0 Å². The molecule has 8 heteroatoms. The minimum atomic E-state index is -3.75. The zero-order valence-corrected chi connectivity index (χ0v) is 22.3. The number of benzene rings is 2. The lowest BCUT2D eigenvalue weighted by Crippen LogP contribution is -2.54. The molecule has 0 radical (unpaired) electrons. The Morgan fingerprint density at radius 2 is 1.59 bits per heavy atom. The summed E-state index contributed by atoms with van der Waals surface area (Å²) in [6.45, 7) is 12.8. The lowest BCUT2D eigenvalue weighted by Gasteiger charge is -2.33. The fraction of sp³-hybridized carbons (Fsp3) is 0.462. The van der Waals surface area contributed by atoms with E-state index < -0.39 is 34.1 Å². The Hall–Kier alpha value is -2.87. The van der Waals surface area contributed by atoms with Gasteiger partial charge < -0.3 is 10.2 Å². The van der Waals surface area contributed by atoms with Crippen molar-refractivity contribution in [2.24, 2.45) is 0 Å². The van der Waals surface area contributed by atoms with Crippen LogP contribution >= 0.6 is 0 Å². The summed E-state index contributed by atoms with van der Waals surface area (Å²) in [5, 5.41) is 2.92. The number of rotatable bonds is 8. The number of aryl methyl sites for hydroxylation is 3. The molecule has 2 aromatic carbocycles. The quantitative estimate of drug-likeness (QED) is 0.615. The molecule has 1 atom stereocenters. The van der Waals surface area contributed by atoms with Crippen LogP contribution in [0.1, 0.15) is 49.9 Å². The Morgan fingerprint density at radius 3 is 2.12 bits per heavy atom. The Kier molecular flexibility index (Phi) is 8.53.